The van der Waals surface area contributed by atoms with E-state index in [1.54, 1.807) is 36.3 Å². The highest BCUT2D eigenvalue weighted by molar-refractivity contribution is 6.05. The lowest BCUT2D eigenvalue weighted by molar-refractivity contribution is 0.0303. The Hall–Kier alpha value is -4.17. The van der Waals surface area contributed by atoms with Crippen LogP contribution in [0.4, 0.5) is 5.95 Å². The minimum absolute atomic E-state index is 0.0620. The number of morpholine rings is 1. The molecule has 8 heteroatoms. The molecule has 0 aliphatic carbocycles. The number of carbonyl (C=O) groups is 2. The number of aromatic nitrogens is 2. The van der Waals surface area contributed by atoms with Crippen molar-refractivity contribution in [3.63, 3.8) is 0 Å². The summed E-state index contributed by atoms with van der Waals surface area (Å²) in [5, 5.41) is 2.82. The minimum atomic E-state index is -0.329. The molecule has 2 amide bonds. The van der Waals surface area contributed by atoms with E-state index < -0.39 is 0 Å². The van der Waals surface area contributed by atoms with Crippen LogP contribution in [0.3, 0.4) is 0 Å². The van der Waals surface area contributed by atoms with Gasteiger partial charge >= 0.3 is 0 Å². The lowest BCUT2D eigenvalue weighted by Crippen LogP contribution is -2.40. The van der Waals surface area contributed by atoms with Crippen LogP contribution in [0.2, 0.25) is 0 Å². The van der Waals surface area contributed by atoms with Gasteiger partial charge in [-0.05, 0) is 42.0 Å². The van der Waals surface area contributed by atoms with Gasteiger partial charge < -0.3 is 19.4 Å². The number of ether oxygens (including phenoxy) is 2. The second-order valence-electron chi connectivity index (χ2n) is 7.93. The van der Waals surface area contributed by atoms with Crippen molar-refractivity contribution in [3.8, 4) is 16.9 Å². The van der Waals surface area contributed by atoms with E-state index in [1.165, 1.54) is 0 Å². The molecular formula is C26H24N4O4. The summed E-state index contributed by atoms with van der Waals surface area (Å²) in [6.07, 6.45) is 0. The summed E-state index contributed by atoms with van der Waals surface area (Å²) in [5.74, 6) is 0.557. The van der Waals surface area contributed by atoms with Crippen LogP contribution in [-0.4, -0.2) is 60.1 Å². The summed E-state index contributed by atoms with van der Waals surface area (Å²) < 4.78 is 10.8. The van der Waals surface area contributed by atoms with Gasteiger partial charge in [-0.3, -0.25) is 14.9 Å². The fourth-order valence-electron chi connectivity index (χ4n) is 4.04. The molecule has 2 N–H and O–H groups in total. The first-order valence-electron chi connectivity index (χ1n) is 11.0. The maximum absolute atomic E-state index is 12.9. The third-order valence-corrected chi connectivity index (χ3v) is 5.84. The van der Waals surface area contributed by atoms with Crippen LogP contribution < -0.4 is 10.1 Å². The van der Waals surface area contributed by atoms with E-state index in [1.807, 2.05) is 42.5 Å². The average Bonchev–Trinajstić information content (AvgIpc) is 3.32. The van der Waals surface area contributed by atoms with Gasteiger partial charge in [0, 0.05) is 29.8 Å². The molecule has 0 unspecified atom stereocenters. The highest BCUT2D eigenvalue weighted by Gasteiger charge is 2.19. The molecule has 0 atom stereocenters. The fourth-order valence-corrected chi connectivity index (χ4v) is 4.04. The number of nitrogens with one attached hydrogen (secondary N) is 2. The van der Waals surface area contributed by atoms with Crippen LogP contribution in [-0.2, 0) is 4.74 Å². The fraction of sp³-hybridized carbons (Fsp3) is 0.192. The number of aromatic amines is 1. The Kier molecular flexibility index (Phi) is 5.97. The number of methoxy groups -OCH3 is 1. The van der Waals surface area contributed by atoms with Crippen molar-refractivity contribution in [2.24, 2.45) is 0 Å². The Labute approximate surface area is 196 Å². The third-order valence-electron chi connectivity index (χ3n) is 5.84. The Balaban J connectivity index is 1.37. The van der Waals surface area contributed by atoms with E-state index in [9.17, 15) is 9.59 Å². The van der Waals surface area contributed by atoms with Gasteiger partial charge in [-0.1, -0.05) is 30.3 Å². The summed E-state index contributed by atoms with van der Waals surface area (Å²) in [7, 11) is 1.59. The van der Waals surface area contributed by atoms with Gasteiger partial charge in [0.05, 0.1) is 20.3 Å². The van der Waals surface area contributed by atoms with E-state index >= 15 is 0 Å². The number of amides is 2. The van der Waals surface area contributed by atoms with Crippen molar-refractivity contribution in [2.45, 2.75) is 0 Å². The smallest absolute Gasteiger partial charge is 0.257 e. The van der Waals surface area contributed by atoms with Gasteiger partial charge in [-0.15, -0.1) is 0 Å². The minimum Gasteiger partial charge on any atom is -0.494 e. The lowest BCUT2D eigenvalue weighted by atomic mass is 10.0. The van der Waals surface area contributed by atoms with Crippen LogP contribution >= 0.6 is 0 Å². The van der Waals surface area contributed by atoms with Gasteiger partial charge in [0.25, 0.3) is 11.8 Å². The van der Waals surface area contributed by atoms with Crippen LogP contribution in [0.1, 0.15) is 20.7 Å². The van der Waals surface area contributed by atoms with Crippen LogP contribution in [0, 0.1) is 0 Å². The zero-order valence-corrected chi connectivity index (χ0v) is 18.7. The number of benzene rings is 3. The molecule has 2 heterocycles. The van der Waals surface area contributed by atoms with Crippen molar-refractivity contribution in [1.82, 2.24) is 14.9 Å². The van der Waals surface area contributed by atoms with E-state index in [2.05, 4.69) is 15.3 Å². The number of hydrogen-bond acceptors (Lipinski definition) is 5. The van der Waals surface area contributed by atoms with Crippen molar-refractivity contribution >= 4 is 28.8 Å². The first-order chi connectivity index (χ1) is 16.6. The SMILES string of the molecule is COc1ccc(-c2ccccc2)c2nc(NC(=O)c3ccc(C(=O)N4CCOCC4)cc3)[nH]c12. The van der Waals surface area contributed by atoms with E-state index in [0.717, 1.165) is 11.1 Å². The topological polar surface area (TPSA) is 96.5 Å². The number of rotatable bonds is 5. The maximum atomic E-state index is 12.9. The summed E-state index contributed by atoms with van der Waals surface area (Å²) in [4.78, 5) is 35.0. The van der Waals surface area contributed by atoms with Crippen molar-refractivity contribution < 1.29 is 19.1 Å². The molecule has 5 rings (SSSR count). The van der Waals surface area contributed by atoms with Crippen LogP contribution in [0.5, 0.6) is 5.75 Å². The summed E-state index contributed by atoms with van der Waals surface area (Å²) in [6.45, 7) is 2.23. The van der Waals surface area contributed by atoms with Gasteiger partial charge in [0.15, 0.2) is 0 Å². The summed E-state index contributed by atoms with van der Waals surface area (Å²) in [5.41, 5.74) is 4.31. The molecule has 8 nitrogen and oxygen atoms in total. The number of carbonyl (C=O) groups excluding carboxylic acids is 2. The largest absolute Gasteiger partial charge is 0.494 e. The third kappa shape index (κ3) is 4.23. The maximum Gasteiger partial charge on any atom is 0.257 e. The molecule has 0 saturated carbocycles. The second kappa shape index (κ2) is 9.36. The Morgan fingerprint density at radius 1 is 0.971 bits per heavy atom. The molecule has 1 aliphatic heterocycles. The molecule has 172 valence electrons. The number of fused-ring (bicyclic) bond motifs is 1. The molecule has 1 aliphatic rings. The predicted molar refractivity (Wildman–Crippen MR) is 129 cm³/mol. The van der Waals surface area contributed by atoms with Crippen LogP contribution in [0.25, 0.3) is 22.2 Å². The summed E-state index contributed by atoms with van der Waals surface area (Å²) >= 11 is 0. The monoisotopic (exact) mass is 456 g/mol. The van der Waals surface area contributed by atoms with Crippen molar-refractivity contribution in [3.05, 3.63) is 77.9 Å². The Morgan fingerprint density at radius 3 is 2.38 bits per heavy atom. The lowest BCUT2D eigenvalue weighted by Gasteiger charge is -2.26. The zero-order chi connectivity index (χ0) is 23.5. The number of anilines is 1. The summed E-state index contributed by atoms with van der Waals surface area (Å²) in [6, 6.07) is 20.4. The Morgan fingerprint density at radius 2 is 1.68 bits per heavy atom. The number of imidazole rings is 1. The molecule has 1 saturated heterocycles. The van der Waals surface area contributed by atoms with Gasteiger partial charge in [0.1, 0.15) is 16.8 Å². The van der Waals surface area contributed by atoms with Gasteiger partial charge in [0.2, 0.25) is 5.95 Å². The molecule has 34 heavy (non-hydrogen) atoms. The number of hydrogen-bond donors (Lipinski definition) is 2. The van der Waals surface area contributed by atoms with E-state index in [4.69, 9.17) is 9.47 Å². The standard InChI is InChI=1S/C26H24N4O4/c1-33-21-12-11-20(17-5-3-2-4-6-17)22-23(21)28-26(27-22)29-24(31)18-7-9-19(10-8-18)25(32)30-13-15-34-16-14-30/h2-12H,13-16H2,1H3,(H2,27,28,29,31). The zero-order valence-electron chi connectivity index (χ0n) is 18.7. The molecule has 3 aromatic carbocycles. The van der Waals surface area contributed by atoms with Crippen LogP contribution in [0.15, 0.2) is 66.7 Å². The van der Waals surface area contributed by atoms with Crippen molar-refractivity contribution in [1.29, 1.82) is 0 Å². The molecule has 0 radical (unpaired) electrons. The molecule has 1 aromatic heterocycles. The predicted octanol–water partition coefficient (Wildman–Crippen LogP) is 3.96. The molecule has 0 spiro atoms. The first kappa shape index (κ1) is 21.7. The first-order valence-corrected chi connectivity index (χ1v) is 11.0. The molecule has 1 fully saturated rings. The highest BCUT2D eigenvalue weighted by Crippen LogP contribution is 2.33. The number of H-pyrrole nitrogens is 1. The molecule has 4 aromatic rings. The van der Waals surface area contributed by atoms with Gasteiger partial charge in [-0.25, -0.2) is 4.98 Å². The highest BCUT2D eigenvalue weighted by atomic mass is 16.5. The second-order valence-corrected chi connectivity index (χ2v) is 7.93. The van der Waals surface area contributed by atoms with Gasteiger partial charge in [-0.2, -0.15) is 0 Å². The van der Waals surface area contributed by atoms with E-state index in [0.29, 0.717) is 60.2 Å². The average molecular weight is 457 g/mol. The normalized spacial score (nSPS) is 13.6. The Bertz CT molecular complexity index is 1330. The number of nitrogens with zero attached hydrogens (tertiary/aromatic N) is 2. The molecule has 0 bridgehead atoms. The van der Waals surface area contributed by atoms with Crippen molar-refractivity contribution in [2.75, 3.05) is 38.7 Å². The molecular weight excluding hydrogens is 432 g/mol. The quantitative estimate of drug-likeness (QED) is 0.474. The van der Waals surface area contributed by atoms with E-state index in [-0.39, 0.29) is 11.8 Å².